The number of hydrogen-bond acceptors (Lipinski definition) is 3. The Morgan fingerprint density at radius 3 is 2.50 bits per heavy atom. The molecule has 2 N–H and O–H groups in total. The first kappa shape index (κ1) is 19.6. The highest BCUT2D eigenvalue weighted by molar-refractivity contribution is 5.86. The van der Waals surface area contributed by atoms with E-state index in [1.54, 1.807) is 6.20 Å². The minimum absolute atomic E-state index is 0.0649. The molecule has 1 heterocycles. The summed E-state index contributed by atoms with van der Waals surface area (Å²) >= 11 is 0. The van der Waals surface area contributed by atoms with Crippen LogP contribution in [0.1, 0.15) is 34.7 Å². The molecule has 4 aromatic rings. The van der Waals surface area contributed by atoms with E-state index in [1.165, 1.54) is 0 Å². The van der Waals surface area contributed by atoms with Crippen LogP contribution in [0.5, 0.6) is 5.75 Å². The van der Waals surface area contributed by atoms with Crippen molar-refractivity contribution in [1.82, 2.24) is 10.3 Å². The quantitative estimate of drug-likeness (QED) is 0.477. The van der Waals surface area contributed by atoms with Gasteiger partial charge in [-0.15, -0.1) is 0 Å². The molecule has 0 aliphatic heterocycles. The van der Waals surface area contributed by atoms with E-state index in [4.69, 9.17) is 0 Å². The minimum Gasteiger partial charge on any atom is -0.505 e. The van der Waals surface area contributed by atoms with E-state index in [2.05, 4.69) is 10.3 Å². The third kappa shape index (κ3) is 4.33. The van der Waals surface area contributed by atoms with Gasteiger partial charge in [0, 0.05) is 23.6 Å². The van der Waals surface area contributed by atoms with Crippen molar-refractivity contribution in [3.63, 3.8) is 0 Å². The Morgan fingerprint density at radius 1 is 0.967 bits per heavy atom. The Morgan fingerprint density at radius 2 is 1.73 bits per heavy atom. The number of carbonyl (C=O) groups is 1. The molecule has 30 heavy (non-hydrogen) atoms. The molecule has 1 atom stereocenters. The van der Waals surface area contributed by atoms with Crippen LogP contribution in [0.2, 0.25) is 0 Å². The Balaban J connectivity index is 1.64. The van der Waals surface area contributed by atoms with Crippen molar-refractivity contribution < 1.29 is 9.90 Å². The van der Waals surface area contributed by atoms with Crippen LogP contribution in [0.25, 0.3) is 10.9 Å². The van der Waals surface area contributed by atoms with Gasteiger partial charge in [-0.05, 0) is 30.5 Å². The van der Waals surface area contributed by atoms with Crippen LogP contribution < -0.4 is 5.32 Å². The molecule has 4 rings (SSSR count). The van der Waals surface area contributed by atoms with E-state index >= 15 is 0 Å². The predicted octanol–water partition coefficient (Wildman–Crippen LogP) is 5.09. The van der Waals surface area contributed by atoms with Crippen molar-refractivity contribution in [3.8, 4) is 5.75 Å². The fraction of sp³-hybridized carbons (Fsp3) is 0.154. The Hall–Kier alpha value is -3.66. The maximum absolute atomic E-state index is 12.8. The van der Waals surface area contributed by atoms with Crippen molar-refractivity contribution in [3.05, 3.63) is 107 Å². The molecule has 1 unspecified atom stereocenters. The van der Waals surface area contributed by atoms with E-state index in [9.17, 15) is 9.90 Å². The minimum atomic E-state index is -0.458. The molecular formula is C26H24N2O2. The summed E-state index contributed by atoms with van der Waals surface area (Å²) in [6.07, 6.45) is 2.70. The molecule has 3 aromatic carbocycles. The molecule has 0 aliphatic carbocycles. The molecule has 0 saturated heterocycles. The number of fused-ring (bicyclic) bond motifs is 1. The van der Waals surface area contributed by atoms with Crippen molar-refractivity contribution in [2.45, 2.75) is 25.8 Å². The zero-order chi connectivity index (χ0) is 20.9. The second-order valence-electron chi connectivity index (χ2n) is 7.48. The van der Waals surface area contributed by atoms with Gasteiger partial charge < -0.3 is 10.4 Å². The van der Waals surface area contributed by atoms with Crippen molar-refractivity contribution in [2.75, 3.05) is 0 Å². The fourth-order valence-electron chi connectivity index (χ4n) is 3.61. The van der Waals surface area contributed by atoms with E-state index in [0.29, 0.717) is 23.9 Å². The summed E-state index contributed by atoms with van der Waals surface area (Å²) in [6.45, 7) is 2.02. The van der Waals surface area contributed by atoms with Crippen molar-refractivity contribution in [1.29, 1.82) is 0 Å². The van der Waals surface area contributed by atoms with Gasteiger partial charge in [0.1, 0.15) is 11.3 Å². The van der Waals surface area contributed by atoms with Gasteiger partial charge in [0.2, 0.25) is 5.91 Å². The number of aromatic hydroxyl groups is 1. The SMILES string of the molecule is Cc1ccc(C(NC(=O)CCc2ccccc2)c2ccc3cccnc3c2O)cc1. The topological polar surface area (TPSA) is 62.2 Å². The predicted molar refractivity (Wildman–Crippen MR) is 119 cm³/mol. The number of nitrogens with one attached hydrogen (secondary N) is 1. The first-order valence-electron chi connectivity index (χ1n) is 10.1. The van der Waals surface area contributed by atoms with Gasteiger partial charge in [0.05, 0.1) is 6.04 Å². The van der Waals surface area contributed by atoms with E-state index in [0.717, 1.165) is 22.1 Å². The van der Waals surface area contributed by atoms with Gasteiger partial charge in [-0.2, -0.15) is 0 Å². The normalized spacial score (nSPS) is 11.9. The Kier molecular flexibility index (Phi) is 5.75. The highest BCUT2D eigenvalue weighted by Gasteiger charge is 2.21. The standard InChI is InChI=1S/C26H24N2O2/c1-18-9-12-21(13-10-18)24(28-23(29)16-11-19-6-3-2-4-7-19)22-15-14-20-8-5-17-27-25(20)26(22)30/h2-10,12-15,17,24,30H,11,16H2,1H3,(H,28,29). The number of rotatable bonds is 6. The number of phenols is 1. The van der Waals surface area contributed by atoms with Crippen molar-refractivity contribution in [2.24, 2.45) is 0 Å². The van der Waals surface area contributed by atoms with E-state index in [-0.39, 0.29) is 11.7 Å². The van der Waals surface area contributed by atoms with Crippen LogP contribution in [-0.4, -0.2) is 16.0 Å². The largest absolute Gasteiger partial charge is 0.505 e. The highest BCUT2D eigenvalue weighted by atomic mass is 16.3. The van der Waals surface area contributed by atoms with Gasteiger partial charge in [-0.3, -0.25) is 9.78 Å². The lowest BCUT2D eigenvalue weighted by atomic mass is 9.95. The summed E-state index contributed by atoms with van der Waals surface area (Å²) < 4.78 is 0. The van der Waals surface area contributed by atoms with Crippen LogP contribution in [0.3, 0.4) is 0 Å². The van der Waals surface area contributed by atoms with Crippen LogP contribution in [-0.2, 0) is 11.2 Å². The van der Waals surface area contributed by atoms with Crippen LogP contribution in [0, 0.1) is 6.92 Å². The number of aromatic nitrogens is 1. The number of aryl methyl sites for hydroxylation is 2. The smallest absolute Gasteiger partial charge is 0.221 e. The number of hydrogen-bond donors (Lipinski definition) is 2. The summed E-state index contributed by atoms with van der Waals surface area (Å²) in [5.74, 6) is 0.0342. The zero-order valence-corrected chi connectivity index (χ0v) is 16.9. The summed E-state index contributed by atoms with van der Waals surface area (Å²) in [5, 5.41) is 14.9. The van der Waals surface area contributed by atoms with Crippen LogP contribution in [0.4, 0.5) is 0 Å². The molecule has 1 amide bonds. The molecule has 1 aromatic heterocycles. The first-order valence-corrected chi connectivity index (χ1v) is 10.1. The summed E-state index contributed by atoms with van der Waals surface area (Å²) in [4.78, 5) is 17.1. The average Bonchev–Trinajstić information content (AvgIpc) is 2.78. The molecule has 4 nitrogen and oxygen atoms in total. The molecule has 150 valence electrons. The number of amides is 1. The van der Waals surface area contributed by atoms with Gasteiger partial charge in [0.15, 0.2) is 0 Å². The maximum atomic E-state index is 12.8. The Bertz CT molecular complexity index is 1150. The maximum Gasteiger partial charge on any atom is 0.221 e. The summed E-state index contributed by atoms with van der Waals surface area (Å²) in [5.41, 5.74) is 4.34. The number of nitrogens with zero attached hydrogens (tertiary/aromatic N) is 1. The lowest BCUT2D eigenvalue weighted by Gasteiger charge is -2.22. The first-order chi connectivity index (χ1) is 14.6. The summed E-state index contributed by atoms with van der Waals surface area (Å²) in [6, 6.07) is 25.0. The number of carbonyl (C=O) groups excluding carboxylic acids is 1. The van der Waals surface area contributed by atoms with Crippen molar-refractivity contribution >= 4 is 16.8 Å². The number of benzene rings is 3. The third-order valence-corrected chi connectivity index (χ3v) is 5.29. The average molecular weight is 396 g/mol. The second kappa shape index (κ2) is 8.78. The molecule has 4 heteroatoms. The van der Waals surface area contributed by atoms with Crippen LogP contribution in [0.15, 0.2) is 85.1 Å². The zero-order valence-electron chi connectivity index (χ0n) is 16.9. The van der Waals surface area contributed by atoms with Gasteiger partial charge >= 0.3 is 0 Å². The molecule has 0 radical (unpaired) electrons. The monoisotopic (exact) mass is 396 g/mol. The van der Waals surface area contributed by atoms with Gasteiger partial charge in [-0.25, -0.2) is 0 Å². The molecular weight excluding hydrogens is 372 g/mol. The molecule has 0 fully saturated rings. The van der Waals surface area contributed by atoms with Gasteiger partial charge in [-0.1, -0.05) is 78.4 Å². The van der Waals surface area contributed by atoms with E-state index < -0.39 is 6.04 Å². The van der Waals surface area contributed by atoms with Crippen LogP contribution >= 0.6 is 0 Å². The number of phenolic OH excluding ortho intramolecular Hbond substituents is 1. The lowest BCUT2D eigenvalue weighted by Crippen LogP contribution is -2.29. The molecule has 0 saturated carbocycles. The summed E-state index contributed by atoms with van der Waals surface area (Å²) in [7, 11) is 0. The Labute approximate surface area is 176 Å². The molecule has 0 spiro atoms. The highest BCUT2D eigenvalue weighted by Crippen LogP contribution is 2.34. The van der Waals surface area contributed by atoms with E-state index in [1.807, 2.05) is 85.8 Å². The lowest BCUT2D eigenvalue weighted by molar-refractivity contribution is -0.121. The molecule has 0 aliphatic rings. The third-order valence-electron chi connectivity index (χ3n) is 5.29. The molecule has 0 bridgehead atoms. The van der Waals surface area contributed by atoms with Gasteiger partial charge in [0.25, 0.3) is 0 Å². The number of pyridine rings is 1. The second-order valence-corrected chi connectivity index (χ2v) is 7.48. The fourth-order valence-corrected chi connectivity index (χ4v) is 3.61.